The minimum absolute atomic E-state index is 0.0268. The van der Waals surface area contributed by atoms with Gasteiger partial charge in [0, 0.05) is 25.4 Å². The fourth-order valence-electron chi connectivity index (χ4n) is 1.15. The molecule has 0 saturated heterocycles. The summed E-state index contributed by atoms with van der Waals surface area (Å²) in [6.45, 7) is 0. The van der Waals surface area contributed by atoms with Crippen molar-refractivity contribution in [1.29, 1.82) is 0 Å². The number of hydrogen-bond acceptors (Lipinski definition) is 5. The minimum Gasteiger partial charge on any atom is -0.308 e. The lowest BCUT2D eigenvalue weighted by atomic mass is 10.4. The van der Waals surface area contributed by atoms with Gasteiger partial charge in [-0.25, -0.2) is 13.6 Å². The van der Waals surface area contributed by atoms with Gasteiger partial charge in [0.15, 0.2) is 5.82 Å². The second-order valence-corrected chi connectivity index (χ2v) is 5.87. The summed E-state index contributed by atoms with van der Waals surface area (Å²) in [5.74, 6) is 0.340. The molecule has 0 aromatic carbocycles. The standard InChI is InChI=1S/C8H14N4O3S2/c1-12-5-6(17(9,14)15)8(11-12)10-7(13)3-4-16-2/h5H,3-4H2,1-2H3,(H2,9,14,15)(H,10,11,13). The average Bonchev–Trinajstić information content (AvgIpc) is 2.56. The second kappa shape index (κ2) is 5.52. The van der Waals surface area contributed by atoms with Crippen LogP contribution in [0.3, 0.4) is 0 Å². The minimum atomic E-state index is -3.88. The van der Waals surface area contributed by atoms with Crippen LogP contribution in [-0.4, -0.2) is 36.1 Å². The lowest BCUT2D eigenvalue weighted by molar-refractivity contribution is -0.115. The van der Waals surface area contributed by atoms with E-state index in [1.165, 1.54) is 22.6 Å². The van der Waals surface area contributed by atoms with Crippen LogP contribution in [0.2, 0.25) is 0 Å². The Kier molecular flexibility index (Phi) is 4.54. The van der Waals surface area contributed by atoms with Crippen LogP contribution in [-0.2, 0) is 21.9 Å². The number of carbonyl (C=O) groups is 1. The maximum Gasteiger partial charge on any atom is 0.243 e. The van der Waals surface area contributed by atoms with E-state index in [0.717, 1.165) is 0 Å². The molecule has 0 spiro atoms. The van der Waals surface area contributed by atoms with Crippen LogP contribution in [0.1, 0.15) is 6.42 Å². The molecule has 1 amide bonds. The number of nitrogens with one attached hydrogen (secondary N) is 1. The van der Waals surface area contributed by atoms with Crippen LogP contribution in [0.15, 0.2) is 11.1 Å². The molecule has 3 N–H and O–H groups in total. The van der Waals surface area contributed by atoms with Gasteiger partial charge in [0.05, 0.1) is 0 Å². The van der Waals surface area contributed by atoms with E-state index < -0.39 is 10.0 Å². The van der Waals surface area contributed by atoms with E-state index in [0.29, 0.717) is 12.2 Å². The van der Waals surface area contributed by atoms with Gasteiger partial charge in [-0.15, -0.1) is 0 Å². The highest BCUT2D eigenvalue weighted by atomic mass is 32.2. The van der Waals surface area contributed by atoms with E-state index in [4.69, 9.17) is 5.14 Å². The van der Waals surface area contributed by atoms with Crippen molar-refractivity contribution >= 4 is 33.5 Å². The van der Waals surface area contributed by atoms with Gasteiger partial charge in [0.1, 0.15) is 4.90 Å². The van der Waals surface area contributed by atoms with Gasteiger partial charge in [-0.05, 0) is 6.26 Å². The highest BCUT2D eigenvalue weighted by molar-refractivity contribution is 7.98. The predicted molar refractivity (Wildman–Crippen MR) is 66.2 cm³/mol. The SMILES string of the molecule is CSCCC(=O)Nc1nn(C)cc1S(N)(=O)=O. The number of nitrogens with zero attached hydrogens (tertiary/aromatic N) is 2. The van der Waals surface area contributed by atoms with Crippen molar-refractivity contribution in [3.05, 3.63) is 6.20 Å². The molecule has 17 heavy (non-hydrogen) atoms. The number of nitrogens with two attached hydrogens (primary N) is 1. The van der Waals surface area contributed by atoms with Crippen LogP contribution in [0.25, 0.3) is 0 Å². The zero-order valence-corrected chi connectivity index (χ0v) is 11.1. The van der Waals surface area contributed by atoms with E-state index in [2.05, 4.69) is 10.4 Å². The molecule has 7 nitrogen and oxygen atoms in total. The Bertz CT molecular complexity index is 509. The molecular weight excluding hydrogens is 264 g/mol. The number of carbonyl (C=O) groups excluding carboxylic acids is 1. The van der Waals surface area contributed by atoms with E-state index in [1.807, 2.05) is 6.26 Å². The van der Waals surface area contributed by atoms with Gasteiger partial charge in [0.2, 0.25) is 15.9 Å². The normalized spacial score (nSPS) is 11.5. The summed E-state index contributed by atoms with van der Waals surface area (Å²) >= 11 is 1.53. The van der Waals surface area contributed by atoms with Crippen molar-refractivity contribution in [3.63, 3.8) is 0 Å². The fraction of sp³-hybridized carbons (Fsp3) is 0.500. The Morgan fingerprint density at radius 3 is 2.82 bits per heavy atom. The molecule has 0 aliphatic rings. The van der Waals surface area contributed by atoms with Crippen molar-refractivity contribution in [1.82, 2.24) is 9.78 Å². The lowest BCUT2D eigenvalue weighted by Gasteiger charge is -2.02. The van der Waals surface area contributed by atoms with Gasteiger partial charge in [-0.1, -0.05) is 0 Å². The van der Waals surface area contributed by atoms with E-state index in [1.54, 1.807) is 7.05 Å². The number of aryl methyl sites for hydroxylation is 1. The molecule has 0 atom stereocenters. The first-order chi connectivity index (χ1) is 7.84. The fourth-order valence-corrected chi connectivity index (χ4v) is 2.20. The average molecular weight is 278 g/mol. The van der Waals surface area contributed by atoms with E-state index >= 15 is 0 Å². The van der Waals surface area contributed by atoms with Gasteiger partial charge in [-0.3, -0.25) is 9.48 Å². The van der Waals surface area contributed by atoms with E-state index in [-0.39, 0.29) is 16.6 Å². The number of anilines is 1. The molecule has 1 rings (SSSR count). The Morgan fingerprint density at radius 2 is 2.29 bits per heavy atom. The number of hydrogen-bond donors (Lipinski definition) is 2. The summed E-state index contributed by atoms with van der Waals surface area (Å²) in [4.78, 5) is 11.3. The molecule has 1 aromatic rings. The van der Waals surface area contributed by atoms with Crippen LogP contribution in [0.4, 0.5) is 5.82 Å². The second-order valence-electron chi connectivity index (χ2n) is 3.35. The summed E-state index contributed by atoms with van der Waals surface area (Å²) in [5, 5.41) is 11.3. The van der Waals surface area contributed by atoms with Gasteiger partial charge in [0.25, 0.3) is 0 Å². The number of primary sulfonamides is 1. The Morgan fingerprint density at radius 1 is 1.65 bits per heavy atom. The largest absolute Gasteiger partial charge is 0.308 e. The third-order valence-corrected chi connectivity index (χ3v) is 3.42. The Balaban J connectivity index is 2.88. The third-order valence-electron chi connectivity index (χ3n) is 1.89. The lowest BCUT2D eigenvalue weighted by Crippen LogP contribution is -2.17. The first-order valence-corrected chi connectivity index (χ1v) is 7.64. The number of thioether (sulfide) groups is 1. The molecule has 9 heteroatoms. The molecular formula is C8H14N4O3S2. The number of amides is 1. The van der Waals surface area contributed by atoms with Crippen molar-refractivity contribution in [3.8, 4) is 0 Å². The summed E-state index contributed by atoms with van der Waals surface area (Å²) in [5.41, 5.74) is 0. The third kappa shape index (κ3) is 4.02. The van der Waals surface area contributed by atoms with Gasteiger partial charge < -0.3 is 5.32 Å². The summed E-state index contributed by atoms with van der Waals surface area (Å²) in [6, 6.07) is 0. The number of sulfonamides is 1. The van der Waals surface area contributed by atoms with Crippen LogP contribution < -0.4 is 10.5 Å². The monoisotopic (exact) mass is 278 g/mol. The molecule has 0 fully saturated rings. The molecule has 0 aliphatic heterocycles. The summed E-state index contributed by atoms with van der Waals surface area (Å²) < 4.78 is 23.7. The Labute approximate surface area is 104 Å². The highest BCUT2D eigenvalue weighted by Crippen LogP contribution is 2.17. The quantitative estimate of drug-likeness (QED) is 0.773. The van der Waals surface area contributed by atoms with E-state index in [9.17, 15) is 13.2 Å². The molecule has 96 valence electrons. The highest BCUT2D eigenvalue weighted by Gasteiger charge is 2.19. The molecule has 1 aromatic heterocycles. The first-order valence-electron chi connectivity index (χ1n) is 4.70. The van der Waals surface area contributed by atoms with Crippen molar-refractivity contribution in [2.75, 3.05) is 17.3 Å². The van der Waals surface area contributed by atoms with Crippen molar-refractivity contribution in [2.24, 2.45) is 12.2 Å². The maximum absolute atomic E-state index is 11.5. The summed E-state index contributed by atoms with van der Waals surface area (Å²) in [6.07, 6.45) is 3.42. The topological polar surface area (TPSA) is 107 Å². The summed E-state index contributed by atoms with van der Waals surface area (Å²) in [7, 11) is -2.33. The number of aromatic nitrogens is 2. The molecule has 0 bridgehead atoms. The van der Waals surface area contributed by atoms with Crippen LogP contribution in [0.5, 0.6) is 0 Å². The van der Waals surface area contributed by atoms with Crippen molar-refractivity contribution in [2.45, 2.75) is 11.3 Å². The van der Waals surface area contributed by atoms with Gasteiger partial charge >= 0.3 is 0 Å². The van der Waals surface area contributed by atoms with Crippen molar-refractivity contribution < 1.29 is 13.2 Å². The first kappa shape index (κ1) is 14.0. The zero-order chi connectivity index (χ0) is 13.1. The van der Waals surface area contributed by atoms with Crippen LogP contribution >= 0.6 is 11.8 Å². The number of rotatable bonds is 5. The molecule has 0 saturated carbocycles. The Hall–Kier alpha value is -1.06. The van der Waals surface area contributed by atoms with Gasteiger partial charge in [-0.2, -0.15) is 16.9 Å². The molecule has 0 aliphatic carbocycles. The molecule has 1 heterocycles. The molecule has 0 unspecified atom stereocenters. The predicted octanol–water partition coefficient (Wildman–Crippen LogP) is -0.241. The van der Waals surface area contributed by atoms with Crippen LogP contribution in [0, 0.1) is 0 Å². The molecule has 0 radical (unpaired) electrons. The maximum atomic E-state index is 11.5. The smallest absolute Gasteiger partial charge is 0.243 e. The zero-order valence-electron chi connectivity index (χ0n) is 9.50.